The standard InChI is InChI=1S/C17H27BN4O3/c1-12(23)22-8-6-7-14(22)11-21-15-19-9-13(10-20-15)18-24-16(2,3)17(4,5)25-18/h9-10,14H,6-8,11H2,1-5H3,(H,19,20,21)/t14-/m1/s1. The maximum atomic E-state index is 11.6. The van der Waals surface area contributed by atoms with Crippen LogP contribution in [0.1, 0.15) is 47.5 Å². The van der Waals surface area contributed by atoms with Gasteiger partial charge in [-0.3, -0.25) is 4.79 Å². The molecule has 3 rings (SSSR count). The van der Waals surface area contributed by atoms with Gasteiger partial charge in [-0.15, -0.1) is 0 Å². The Hall–Kier alpha value is -1.67. The van der Waals surface area contributed by atoms with Crippen LogP contribution in [-0.4, -0.2) is 58.2 Å². The van der Waals surface area contributed by atoms with Crippen LogP contribution in [0.15, 0.2) is 12.4 Å². The Bertz CT molecular complexity index is 619. The van der Waals surface area contributed by atoms with Crippen LogP contribution in [0.2, 0.25) is 0 Å². The average molecular weight is 346 g/mol. The van der Waals surface area contributed by atoms with Crippen molar-refractivity contribution in [1.82, 2.24) is 14.9 Å². The summed E-state index contributed by atoms with van der Waals surface area (Å²) in [4.78, 5) is 22.2. The molecule has 2 saturated heterocycles. The summed E-state index contributed by atoms with van der Waals surface area (Å²) in [6.07, 6.45) is 5.52. The maximum Gasteiger partial charge on any atom is 0.498 e. The molecule has 0 saturated carbocycles. The minimum Gasteiger partial charge on any atom is -0.399 e. The third kappa shape index (κ3) is 3.65. The largest absolute Gasteiger partial charge is 0.498 e. The van der Waals surface area contributed by atoms with Gasteiger partial charge >= 0.3 is 7.12 Å². The molecule has 0 spiro atoms. The van der Waals surface area contributed by atoms with Crippen LogP contribution in [0.5, 0.6) is 0 Å². The highest BCUT2D eigenvalue weighted by molar-refractivity contribution is 6.61. The van der Waals surface area contributed by atoms with Crippen LogP contribution in [0.3, 0.4) is 0 Å². The first-order valence-electron chi connectivity index (χ1n) is 8.88. The van der Waals surface area contributed by atoms with Crippen molar-refractivity contribution in [2.24, 2.45) is 0 Å². The Balaban J connectivity index is 1.59. The zero-order valence-corrected chi connectivity index (χ0v) is 15.7. The summed E-state index contributed by atoms with van der Waals surface area (Å²) in [5.41, 5.74) is 0.0379. The lowest BCUT2D eigenvalue weighted by Crippen LogP contribution is -2.41. The van der Waals surface area contributed by atoms with E-state index in [4.69, 9.17) is 9.31 Å². The van der Waals surface area contributed by atoms with Gasteiger partial charge in [0, 0.05) is 43.9 Å². The zero-order valence-electron chi connectivity index (χ0n) is 15.7. The summed E-state index contributed by atoms with van der Waals surface area (Å²) in [6.45, 7) is 11.2. The van der Waals surface area contributed by atoms with Crippen molar-refractivity contribution in [3.63, 3.8) is 0 Å². The number of amides is 1. The topological polar surface area (TPSA) is 76.6 Å². The number of hydrogen-bond acceptors (Lipinski definition) is 6. The quantitative estimate of drug-likeness (QED) is 0.826. The Kier molecular flexibility index (Phi) is 4.77. The first-order chi connectivity index (χ1) is 11.7. The molecule has 1 N–H and O–H groups in total. The van der Waals surface area contributed by atoms with E-state index in [1.807, 2.05) is 32.6 Å². The number of anilines is 1. The van der Waals surface area contributed by atoms with E-state index in [2.05, 4.69) is 15.3 Å². The Morgan fingerprint density at radius 1 is 1.28 bits per heavy atom. The molecule has 1 amide bonds. The fourth-order valence-corrected chi connectivity index (χ4v) is 3.20. The van der Waals surface area contributed by atoms with Crippen molar-refractivity contribution < 1.29 is 14.1 Å². The smallest absolute Gasteiger partial charge is 0.399 e. The normalized spacial score (nSPS) is 24.6. The van der Waals surface area contributed by atoms with Crippen LogP contribution < -0.4 is 10.8 Å². The second-order valence-electron chi connectivity index (χ2n) is 7.82. The van der Waals surface area contributed by atoms with Gasteiger partial charge < -0.3 is 19.5 Å². The van der Waals surface area contributed by atoms with E-state index < -0.39 is 7.12 Å². The SMILES string of the molecule is CC(=O)N1CCC[C@@H]1CNc1ncc(B2OC(C)(C)C(C)(C)O2)cn1. The van der Waals surface area contributed by atoms with Crippen molar-refractivity contribution in [3.05, 3.63) is 12.4 Å². The average Bonchev–Trinajstić information content (AvgIpc) is 3.08. The van der Waals surface area contributed by atoms with Gasteiger partial charge in [0.15, 0.2) is 0 Å². The van der Waals surface area contributed by atoms with E-state index in [1.165, 1.54) is 0 Å². The molecule has 1 aromatic rings. The monoisotopic (exact) mass is 346 g/mol. The lowest BCUT2D eigenvalue weighted by atomic mass is 9.81. The second-order valence-corrected chi connectivity index (χ2v) is 7.82. The van der Waals surface area contributed by atoms with E-state index in [9.17, 15) is 4.79 Å². The summed E-state index contributed by atoms with van der Waals surface area (Å²) in [5, 5.41) is 3.22. The molecule has 136 valence electrons. The third-order valence-corrected chi connectivity index (χ3v) is 5.47. The number of nitrogens with zero attached hydrogens (tertiary/aromatic N) is 3. The molecule has 0 bridgehead atoms. The van der Waals surface area contributed by atoms with Gasteiger partial charge in [-0.2, -0.15) is 0 Å². The Morgan fingerprint density at radius 3 is 2.44 bits per heavy atom. The number of aromatic nitrogens is 2. The fraction of sp³-hybridized carbons (Fsp3) is 0.706. The van der Waals surface area contributed by atoms with Crippen LogP contribution >= 0.6 is 0 Å². The molecule has 3 heterocycles. The third-order valence-electron chi connectivity index (χ3n) is 5.47. The van der Waals surface area contributed by atoms with Gasteiger partial charge in [0.1, 0.15) is 0 Å². The van der Waals surface area contributed by atoms with Crippen LogP contribution in [-0.2, 0) is 14.1 Å². The lowest BCUT2D eigenvalue weighted by Gasteiger charge is -2.32. The van der Waals surface area contributed by atoms with E-state index in [0.717, 1.165) is 24.8 Å². The Morgan fingerprint density at radius 2 is 1.88 bits per heavy atom. The summed E-state index contributed by atoms with van der Waals surface area (Å²) in [5.74, 6) is 0.678. The minimum absolute atomic E-state index is 0.126. The summed E-state index contributed by atoms with van der Waals surface area (Å²) in [7, 11) is -0.456. The van der Waals surface area contributed by atoms with Gasteiger partial charge in [0.25, 0.3) is 0 Å². The molecule has 0 unspecified atom stereocenters. The number of likely N-dealkylation sites (tertiary alicyclic amines) is 1. The fourth-order valence-electron chi connectivity index (χ4n) is 3.20. The van der Waals surface area contributed by atoms with E-state index in [-0.39, 0.29) is 23.2 Å². The summed E-state index contributed by atoms with van der Waals surface area (Å²) >= 11 is 0. The van der Waals surface area contributed by atoms with Crippen LogP contribution in [0, 0.1) is 0 Å². The highest BCUT2D eigenvalue weighted by Gasteiger charge is 2.51. The van der Waals surface area contributed by atoms with Crippen molar-refractivity contribution in [3.8, 4) is 0 Å². The molecule has 0 radical (unpaired) electrons. The highest BCUT2D eigenvalue weighted by Crippen LogP contribution is 2.36. The second kappa shape index (κ2) is 6.57. The van der Waals surface area contributed by atoms with E-state index in [1.54, 1.807) is 19.3 Å². The van der Waals surface area contributed by atoms with Gasteiger partial charge in [0.2, 0.25) is 11.9 Å². The predicted molar refractivity (Wildman–Crippen MR) is 96.6 cm³/mol. The van der Waals surface area contributed by atoms with Gasteiger partial charge in [-0.25, -0.2) is 9.97 Å². The van der Waals surface area contributed by atoms with E-state index >= 15 is 0 Å². The first-order valence-corrected chi connectivity index (χ1v) is 8.88. The van der Waals surface area contributed by atoms with Gasteiger partial charge in [-0.05, 0) is 40.5 Å². The molecule has 2 aliphatic rings. The maximum absolute atomic E-state index is 11.6. The lowest BCUT2D eigenvalue weighted by molar-refractivity contribution is -0.129. The zero-order chi connectivity index (χ0) is 18.2. The number of carbonyl (C=O) groups excluding carboxylic acids is 1. The Labute approximate surface area is 149 Å². The van der Waals surface area contributed by atoms with Crippen LogP contribution in [0.4, 0.5) is 5.95 Å². The minimum atomic E-state index is -0.456. The highest BCUT2D eigenvalue weighted by atomic mass is 16.7. The van der Waals surface area contributed by atoms with Crippen LogP contribution in [0.25, 0.3) is 0 Å². The number of carbonyl (C=O) groups is 1. The van der Waals surface area contributed by atoms with Crippen molar-refractivity contribution in [2.45, 2.75) is 64.7 Å². The number of hydrogen-bond donors (Lipinski definition) is 1. The molecule has 8 heteroatoms. The van der Waals surface area contributed by atoms with Gasteiger partial charge in [0.05, 0.1) is 11.2 Å². The molecule has 25 heavy (non-hydrogen) atoms. The first kappa shape index (κ1) is 18.1. The number of nitrogens with one attached hydrogen (secondary N) is 1. The molecule has 2 aliphatic heterocycles. The molecular weight excluding hydrogens is 319 g/mol. The molecule has 7 nitrogen and oxygen atoms in total. The van der Waals surface area contributed by atoms with Gasteiger partial charge in [-0.1, -0.05) is 0 Å². The summed E-state index contributed by atoms with van der Waals surface area (Å²) in [6, 6.07) is 0.212. The summed E-state index contributed by atoms with van der Waals surface area (Å²) < 4.78 is 12.0. The molecule has 2 fully saturated rings. The molecule has 1 aromatic heterocycles. The molecule has 0 aromatic carbocycles. The van der Waals surface area contributed by atoms with Crippen molar-refractivity contribution >= 4 is 24.4 Å². The molecule has 0 aliphatic carbocycles. The van der Waals surface area contributed by atoms with E-state index in [0.29, 0.717) is 12.5 Å². The number of rotatable bonds is 4. The van der Waals surface area contributed by atoms with Crippen molar-refractivity contribution in [2.75, 3.05) is 18.4 Å². The van der Waals surface area contributed by atoms with Crippen molar-refractivity contribution in [1.29, 1.82) is 0 Å². The molecule has 1 atom stereocenters. The predicted octanol–water partition coefficient (Wildman–Crippen LogP) is 1.20. The molecular formula is C17H27BN4O3.